The Bertz CT molecular complexity index is 861. The summed E-state index contributed by atoms with van der Waals surface area (Å²) in [6.07, 6.45) is 9.67. The van der Waals surface area contributed by atoms with Crippen molar-refractivity contribution in [3.05, 3.63) is 59.7 Å². The molecule has 0 fully saturated rings. The van der Waals surface area contributed by atoms with Crippen LogP contribution in [0.15, 0.2) is 59.1 Å². The Morgan fingerprint density at radius 3 is 3.00 bits per heavy atom. The van der Waals surface area contributed by atoms with Crippen LogP contribution in [-0.4, -0.2) is 23.6 Å². The van der Waals surface area contributed by atoms with Gasteiger partial charge < -0.3 is 10.1 Å². The Labute approximate surface area is 139 Å². The predicted molar refractivity (Wildman–Crippen MR) is 91.2 cm³/mol. The summed E-state index contributed by atoms with van der Waals surface area (Å²) in [6.45, 7) is 1.71. The van der Waals surface area contributed by atoms with Gasteiger partial charge in [0.25, 0.3) is 11.8 Å². The van der Waals surface area contributed by atoms with Gasteiger partial charge in [-0.25, -0.2) is 4.99 Å². The summed E-state index contributed by atoms with van der Waals surface area (Å²) >= 11 is 0. The van der Waals surface area contributed by atoms with Crippen molar-refractivity contribution in [1.82, 2.24) is 0 Å². The number of aliphatic imine (C=N–C) groups is 1. The molecule has 1 aromatic carbocycles. The lowest BCUT2D eigenvalue weighted by atomic mass is 9.90. The van der Waals surface area contributed by atoms with Gasteiger partial charge in [-0.05, 0) is 30.7 Å². The number of hydrogen-bond acceptors (Lipinski definition) is 3. The summed E-state index contributed by atoms with van der Waals surface area (Å²) in [7, 11) is 0. The monoisotopic (exact) mass is 320 g/mol. The molecule has 0 saturated carbocycles. The zero-order valence-electron chi connectivity index (χ0n) is 13.2. The van der Waals surface area contributed by atoms with E-state index in [1.807, 2.05) is 48.6 Å². The van der Waals surface area contributed by atoms with Gasteiger partial charge in [0.1, 0.15) is 5.75 Å². The SMILES string of the molecule is C[C@H]1Oc2ccc(CC3=CC4C=CC=CC4=NC3=O)cc2NC1=O. The number of allylic oxidation sites excluding steroid dienone is 5. The fraction of sp³-hybridized carbons (Fsp3) is 0.211. The molecule has 0 bridgehead atoms. The molecule has 0 spiro atoms. The van der Waals surface area contributed by atoms with Crippen molar-refractivity contribution >= 4 is 23.2 Å². The van der Waals surface area contributed by atoms with Crippen LogP contribution >= 0.6 is 0 Å². The Kier molecular flexibility index (Phi) is 3.41. The summed E-state index contributed by atoms with van der Waals surface area (Å²) in [6, 6.07) is 5.59. The van der Waals surface area contributed by atoms with Crippen molar-refractivity contribution in [3.63, 3.8) is 0 Å². The molecule has 4 rings (SSSR count). The molecule has 2 amide bonds. The molecule has 1 aromatic rings. The highest BCUT2D eigenvalue weighted by atomic mass is 16.5. The Hall–Kier alpha value is -2.95. The number of carbonyl (C=O) groups excluding carboxylic acids is 2. The molecule has 5 nitrogen and oxygen atoms in total. The number of nitrogens with one attached hydrogen (secondary N) is 1. The largest absolute Gasteiger partial charge is 0.479 e. The van der Waals surface area contributed by atoms with Gasteiger partial charge in [0.2, 0.25) is 0 Å². The van der Waals surface area contributed by atoms with Gasteiger partial charge in [-0.2, -0.15) is 0 Å². The first kappa shape index (κ1) is 14.6. The average Bonchev–Trinajstić information content (AvgIpc) is 2.57. The third kappa shape index (κ3) is 2.58. The van der Waals surface area contributed by atoms with Gasteiger partial charge in [-0.15, -0.1) is 0 Å². The molecule has 120 valence electrons. The van der Waals surface area contributed by atoms with Gasteiger partial charge in [0.15, 0.2) is 6.10 Å². The summed E-state index contributed by atoms with van der Waals surface area (Å²) in [4.78, 5) is 28.1. The van der Waals surface area contributed by atoms with Crippen molar-refractivity contribution in [2.45, 2.75) is 19.4 Å². The van der Waals surface area contributed by atoms with E-state index in [0.29, 0.717) is 23.4 Å². The summed E-state index contributed by atoms with van der Waals surface area (Å²) in [5, 5.41) is 2.83. The summed E-state index contributed by atoms with van der Waals surface area (Å²) in [5.41, 5.74) is 3.02. The minimum absolute atomic E-state index is 0.0595. The highest BCUT2D eigenvalue weighted by Gasteiger charge is 2.25. The first-order chi connectivity index (χ1) is 11.6. The maximum absolute atomic E-state index is 12.2. The Morgan fingerprint density at radius 1 is 1.25 bits per heavy atom. The van der Waals surface area contributed by atoms with Crippen LogP contribution in [0, 0.1) is 5.92 Å². The van der Waals surface area contributed by atoms with E-state index in [1.165, 1.54) is 0 Å². The molecule has 2 heterocycles. The van der Waals surface area contributed by atoms with Gasteiger partial charge in [-0.3, -0.25) is 9.59 Å². The lowest BCUT2D eigenvalue weighted by Gasteiger charge is -2.24. The minimum atomic E-state index is -0.495. The minimum Gasteiger partial charge on any atom is -0.479 e. The van der Waals surface area contributed by atoms with Crippen LogP contribution in [0.3, 0.4) is 0 Å². The second-order valence-corrected chi connectivity index (χ2v) is 6.06. The molecule has 2 atom stereocenters. The highest BCUT2D eigenvalue weighted by Crippen LogP contribution is 2.31. The van der Waals surface area contributed by atoms with Gasteiger partial charge in [0.05, 0.1) is 11.4 Å². The van der Waals surface area contributed by atoms with Crippen LogP contribution in [0.25, 0.3) is 0 Å². The Balaban J connectivity index is 1.58. The number of hydrogen-bond donors (Lipinski definition) is 1. The second-order valence-electron chi connectivity index (χ2n) is 6.06. The van der Waals surface area contributed by atoms with E-state index >= 15 is 0 Å². The standard InChI is InChI=1S/C19H16N2O3/c1-11-18(22)21-16-9-12(6-7-17(16)24-11)8-14-10-13-4-2-3-5-15(13)20-19(14)23/h2-7,9-11,13H,8H2,1H3,(H,21,22)/t11-,13?/m1/s1. The first-order valence-electron chi connectivity index (χ1n) is 7.89. The predicted octanol–water partition coefficient (Wildman–Crippen LogP) is 2.60. The number of ether oxygens (including phenoxy) is 1. The van der Waals surface area contributed by atoms with E-state index in [2.05, 4.69) is 10.3 Å². The maximum Gasteiger partial charge on any atom is 0.273 e. The quantitative estimate of drug-likeness (QED) is 0.911. The van der Waals surface area contributed by atoms with Gasteiger partial charge >= 0.3 is 0 Å². The Morgan fingerprint density at radius 2 is 2.12 bits per heavy atom. The topological polar surface area (TPSA) is 67.8 Å². The lowest BCUT2D eigenvalue weighted by Crippen LogP contribution is -2.34. The van der Waals surface area contributed by atoms with Crippen molar-refractivity contribution in [2.24, 2.45) is 10.9 Å². The van der Waals surface area contributed by atoms with E-state index in [9.17, 15) is 9.59 Å². The number of amides is 2. The van der Waals surface area contributed by atoms with Gasteiger partial charge in [-0.1, -0.05) is 30.4 Å². The molecule has 3 aliphatic rings. The molecule has 1 unspecified atom stereocenters. The van der Waals surface area contributed by atoms with Crippen LogP contribution in [0.2, 0.25) is 0 Å². The smallest absolute Gasteiger partial charge is 0.273 e. The second kappa shape index (κ2) is 5.60. The van der Waals surface area contributed by atoms with Crippen LogP contribution in [0.5, 0.6) is 5.75 Å². The number of fused-ring (bicyclic) bond motifs is 2. The summed E-state index contributed by atoms with van der Waals surface area (Å²) < 4.78 is 5.55. The van der Waals surface area contributed by atoms with Crippen LogP contribution in [0.4, 0.5) is 5.69 Å². The first-order valence-corrected chi connectivity index (χ1v) is 7.89. The number of rotatable bonds is 2. The lowest BCUT2D eigenvalue weighted by molar-refractivity contribution is -0.122. The van der Waals surface area contributed by atoms with Crippen molar-refractivity contribution in [2.75, 3.05) is 5.32 Å². The zero-order valence-corrected chi connectivity index (χ0v) is 13.2. The fourth-order valence-corrected chi connectivity index (χ4v) is 3.00. The van der Waals surface area contributed by atoms with E-state index < -0.39 is 6.10 Å². The molecule has 5 heteroatoms. The van der Waals surface area contributed by atoms with Crippen LogP contribution in [-0.2, 0) is 16.0 Å². The van der Waals surface area contributed by atoms with E-state index in [4.69, 9.17) is 4.74 Å². The fourth-order valence-electron chi connectivity index (χ4n) is 3.00. The number of nitrogens with zero attached hydrogens (tertiary/aromatic N) is 1. The molecule has 0 saturated heterocycles. The molecule has 1 aliphatic carbocycles. The third-order valence-corrected chi connectivity index (χ3v) is 4.29. The van der Waals surface area contributed by atoms with E-state index in [-0.39, 0.29) is 17.7 Å². The molecule has 0 aromatic heterocycles. The molecular formula is C19H16N2O3. The van der Waals surface area contributed by atoms with Gasteiger partial charge in [0, 0.05) is 17.9 Å². The number of anilines is 1. The molecule has 2 aliphatic heterocycles. The van der Waals surface area contributed by atoms with E-state index in [1.54, 1.807) is 6.92 Å². The zero-order chi connectivity index (χ0) is 16.7. The molecular weight excluding hydrogens is 304 g/mol. The normalized spacial score (nSPS) is 24.4. The average molecular weight is 320 g/mol. The highest BCUT2D eigenvalue weighted by molar-refractivity contribution is 6.13. The molecule has 24 heavy (non-hydrogen) atoms. The van der Waals surface area contributed by atoms with Crippen LogP contribution < -0.4 is 10.1 Å². The number of carbonyl (C=O) groups is 2. The van der Waals surface area contributed by atoms with Crippen molar-refractivity contribution in [3.8, 4) is 5.75 Å². The number of dihydropyridines is 1. The van der Waals surface area contributed by atoms with Crippen molar-refractivity contribution < 1.29 is 14.3 Å². The molecule has 0 radical (unpaired) electrons. The third-order valence-electron chi connectivity index (χ3n) is 4.29. The van der Waals surface area contributed by atoms with Crippen LogP contribution in [0.1, 0.15) is 12.5 Å². The molecule has 1 N–H and O–H groups in total. The van der Waals surface area contributed by atoms with Crippen molar-refractivity contribution in [1.29, 1.82) is 0 Å². The van der Waals surface area contributed by atoms with E-state index in [0.717, 1.165) is 11.3 Å². The summed E-state index contributed by atoms with van der Waals surface area (Å²) in [5.74, 6) is 0.341. The number of benzene rings is 1. The maximum atomic E-state index is 12.2.